The maximum Gasteiger partial charge on any atom is 0.124 e. The molecular formula is C16H10FNS. The van der Waals surface area contributed by atoms with Gasteiger partial charge in [-0.1, -0.05) is 42.1 Å². The smallest absolute Gasteiger partial charge is 0.124 e. The van der Waals surface area contributed by atoms with Crippen molar-refractivity contribution < 1.29 is 4.39 Å². The van der Waals surface area contributed by atoms with Crippen molar-refractivity contribution in [3.05, 3.63) is 58.9 Å². The molecule has 92 valence electrons. The van der Waals surface area contributed by atoms with Crippen LogP contribution in [0.1, 0.15) is 16.7 Å². The van der Waals surface area contributed by atoms with Gasteiger partial charge in [-0.3, -0.25) is 0 Å². The molecule has 1 nitrogen and oxygen atoms in total. The lowest BCUT2D eigenvalue weighted by molar-refractivity contribution is 0.624. The SMILES string of the molecule is N#CCc1ccc2c(c1)Sc1cc(F)ccc1C=C2. The van der Waals surface area contributed by atoms with Crippen LogP contribution < -0.4 is 0 Å². The van der Waals surface area contributed by atoms with Crippen molar-refractivity contribution in [2.24, 2.45) is 0 Å². The normalized spacial score (nSPS) is 12.2. The van der Waals surface area contributed by atoms with Crippen LogP contribution in [-0.2, 0) is 6.42 Å². The van der Waals surface area contributed by atoms with Gasteiger partial charge in [0, 0.05) is 9.79 Å². The quantitative estimate of drug-likeness (QED) is 0.647. The Kier molecular flexibility index (Phi) is 3.10. The van der Waals surface area contributed by atoms with Gasteiger partial charge in [-0.05, 0) is 34.9 Å². The lowest BCUT2D eigenvalue weighted by Gasteiger charge is -2.07. The minimum absolute atomic E-state index is 0.226. The number of nitriles is 1. The number of fused-ring (bicyclic) bond motifs is 2. The molecule has 0 spiro atoms. The highest BCUT2D eigenvalue weighted by atomic mass is 32.2. The van der Waals surface area contributed by atoms with Gasteiger partial charge in [0.05, 0.1) is 12.5 Å². The molecule has 0 radical (unpaired) electrons. The Labute approximate surface area is 115 Å². The number of nitrogens with zero attached hydrogens (tertiary/aromatic N) is 1. The zero-order valence-electron chi connectivity index (χ0n) is 10.1. The zero-order valence-corrected chi connectivity index (χ0v) is 10.9. The number of hydrogen-bond donors (Lipinski definition) is 0. The standard InChI is InChI=1S/C16H10FNS/c17-14-6-5-13-4-3-12-2-1-11(7-8-18)9-15(12)19-16(13)10-14/h1-6,9-10H,7H2. The first-order valence-electron chi connectivity index (χ1n) is 5.91. The monoisotopic (exact) mass is 267 g/mol. The summed E-state index contributed by atoms with van der Waals surface area (Å²) in [5.41, 5.74) is 3.11. The Hall–Kier alpha value is -2.05. The molecule has 0 saturated carbocycles. The van der Waals surface area contributed by atoms with Gasteiger partial charge in [-0.2, -0.15) is 5.26 Å². The Morgan fingerprint density at radius 1 is 1.00 bits per heavy atom. The lowest BCUT2D eigenvalue weighted by atomic mass is 10.1. The Morgan fingerprint density at radius 2 is 1.68 bits per heavy atom. The van der Waals surface area contributed by atoms with Crippen LogP contribution in [-0.4, -0.2) is 0 Å². The largest absolute Gasteiger partial charge is 0.207 e. The van der Waals surface area contributed by atoms with Crippen LogP contribution in [0.5, 0.6) is 0 Å². The molecule has 1 heterocycles. The molecule has 0 amide bonds. The molecule has 3 heteroatoms. The van der Waals surface area contributed by atoms with Crippen molar-refractivity contribution in [1.82, 2.24) is 0 Å². The Balaban J connectivity index is 2.08. The van der Waals surface area contributed by atoms with Gasteiger partial charge in [-0.15, -0.1) is 0 Å². The van der Waals surface area contributed by atoms with E-state index in [1.165, 1.54) is 6.07 Å². The van der Waals surface area contributed by atoms with E-state index in [9.17, 15) is 4.39 Å². The summed E-state index contributed by atoms with van der Waals surface area (Å²) in [6.07, 6.45) is 4.42. The second kappa shape index (κ2) is 4.91. The predicted molar refractivity (Wildman–Crippen MR) is 75.2 cm³/mol. The van der Waals surface area contributed by atoms with Crippen molar-refractivity contribution >= 4 is 23.9 Å². The summed E-state index contributed by atoms with van der Waals surface area (Å²) in [5.74, 6) is -0.226. The zero-order chi connectivity index (χ0) is 13.2. The van der Waals surface area contributed by atoms with Gasteiger partial charge in [0.2, 0.25) is 0 Å². The first kappa shape index (κ1) is 12.0. The first-order chi connectivity index (χ1) is 9.26. The maximum absolute atomic E-state index is 13.3. The van der Waals surface area contributed by atoms with Gasteiger partial charge in [-0.25, -0.2) is 4.39 Å². The summed E-state index contributed by atoms with van der Waals surface area (Å²) in [4.78, 5) is 1.97. The van der Waals surface area contributed by atoms with Gasteiger partial charge >= 0.3 is 0 Å². The molecule has 1 aliphatic heterocycles. The maximum atomic E-state index is 13.3. The second-order valence-electron chi connectivity index (χ2n) is 4.32. The fourth-order valence-electron chi connectivity index (χ4n) is 2.04. The molecular weight excluding hydrogens is 257 g/mol. The highest BCUT2D eigenvalue weighted by molar-refractivity contribution is 7.99. The van der Waals surface area contributed by atoms with Crippen LogP contribution in [0.3, 0.4) is 0 Å². The van der Waals surface area contributed by atoms with Crippen molar-refractivity contribution in [2.45, 2.75) is 16.2 Å². The summed E-state index contributed by atoms with van der Waals surface area (Å²) >= 11 is 1.55. The van der Waals surface area contributed by atoms with Crippen LogP contribution in [0.25, 0.3) is 12.2 Å². The molecule has 0 bridgehead atoms. The van der Waals surface area contributed by atoms with Crippen LogP contribution >= 0.6 is 11.8 Å². The van der Waals surface area contributed by atoms with E-state index in [0.29, 0.717) is 6.42 Å². The summed E-state index contributed by atoms with van der Waals surface area (Å²) < 4.78 is 13.3. The average Bonchev–Trinajstić information content (AvgIpc) is 2.57. The molecule has 0 unspecified atom stereocenters. The molecule has 0 aliphatic carbocycles. The molecule has 0 aromatic heterocycles. The summed E-state index contributed by atoms with van der Waals surface area (Å²) in [6, 6.07) is 12.9. The fraction of sp³-hybridized carbons (Fsp3) is 0.0625. The van der Waals surface area contributed by atoms with Crippen LogP contribution in [0, 0.1) is 17.1 Å². The molecule has 3 rings (SSSR count). The molecule has 1 aliphatic rings. The lowest BCUT2D eigenvalue weighted by Crippen LogP contribution is -1.86. The molecule has 0 fully saturated rings. The third-order valence-electron chi connectivity index (χ3n) is 3.00. The van der Waals surface area contributed by atoms with Gasteiger partial charge in [0.1, 0.15) is 5.82 Å². The van der Waals surface area contributed by atoms with E-state index in [4.69, 9.17) is 5.26 Å². The van der Waals surface area contributed by atoms with Crippen LogP contribution in [0.15, 0.2) is 46.2 Å². The minimum atomic E-state index is -0.226. The second-order valence-corrected chi connectivity index (χ2v) is 5.41. The van der Waals surface area contributed by atoms with E-state index in [-0.39, 0.29) is 5.82 Å². The van der Waals surface area contributed by atoms with Crippen molar-refractivity contribution in [2.75, 3.05) is 0 Å². The third kappa shape index (κ3) is 2.40. The first-order valence-corrected chi connectivity index (χ1v) is 6.73. The van der Waals surface area contributed by atoms with Gasteiger partial charge in [0.15, 0.2) is 0 Å². The topological polar surface area (TPSA) is 23.8 Å². The minimum Gasteiger partial charge on any atom is -0.207 e. The van der Waals surface area contributed by atoms with E-state index >= 15 is 0 Å². The van der Waals surface area contributed by atoms with E-state index in [2.05, 4.69) is 6.07 Å². The number of rotatable bonds is 1. The van der Waals surface area contributed by atoms with E-state index in [0.717, 1.165) is 26.5 Å². The molecule has 0 atom stereocenters. The molecule has 0 N–H and O–H groups in total. The molecule has 0 saturated heterocycles. The Bertz CT molecular complexity index is 713. The fourth-order valence-corrected chi connectivity index (χ4v) is 3.17. The number of benzene rings is 2. The van der Waals surface area contributed by atoms with E-state index in [1.807, 2.05) is 30.4 Å². The summed E-state index contributed by atoms with van der Waals surface area (Å²) in [7, 11) is 0. The van der Waals surface area contributed by atoms with Gasteiger partial charge < -0.3 is 0 Å². The highest BCUT2D eigenvalue weighted by Gasteiger charge is 2.11. The molecule has 19 heavy (non-hydrogen) atoms. The molecule has 2 aromatic carbocycles. The van der Waals surface area contributed by atoms with Crippen LogP contribution in [0.4, 0.5) is 4.39 Å². The van der Waals surface area contributed by atoms with Gasteiger partial charge in [0.25, 0.3) is 0 Å². The van der Waals surface area contributed by atoms with Crippen LogP contribution in [0.2, 0.25) is 0 Å². The van der Waals surface area contributed by atoms with Crippen molar-refractivity contribution in [3.63, 3.8) is 0 Å². The third-order valence-corrected chi connectivity index (χ3v) is 4.15. The summed E-state index contributed by atoms with van der Waals surface area (Å²) in [5, 5.41) is 8.75. The van der Waals surface area contributed by atoms with E-state index < -0.39 is 0 Å². The van der Waals surface area contributed by atoms with Crippen molar-refractivity contribution in [1.29, 1.82) is 5.26 Å². The number of halogens is 1. The molecule has 2 aromatic rings. The predicted octanol–water partition coefficient (Wildman–Crippen LogP) is 4.53. The average molecular weight is 267 g/mol. The highest BCUT2D eigenvalue weighted by Crippen LogP contribution is 2.38. The Morgan fingerprint density at radius 3 is 2.42 bits per heavy atom. The number of hydrogen-bond acceptors (Lipinski definition) is 2. The van der Waals surface area contributed by atoms with Crippen molar-refractivity contribution in [3.8, 4) is 6.07 Å². The summed E-state index contributed by atoms with van der Waals surface area (Å²) in [6.45, 7) is 0. The van der Waals surface area contributed by atoms with E-state index in [1.54, 1.807) is 23.9 Å².